The van der Waals surface area contributed by atoms with Gasteiger partial charge in [-0.2, -0.15) is 11.3 Å². The third-order valence-corrected chi connectivity index (χ3v) is 3.37. The fourth-order valence-electron chi connectivity index (χ4n) is 1.63. The number of carboxylic acid groups (broad SMARTS) is 1. The van der Waals surface area contributed by atoms with Crippen molar-refractivity contribution in [1.82, 2.24) is 0 Å². The maximum atomic E-state index is 10.9. The molecule has 0 spiro atoms. The minimum Gasteiger partial charge on any atom is -0.493 e. The van der Waals surface area contributed by atoms with Gasteiger partial charge in [0.2, 0.25) is 0 Å². The molecule has 0 atom stereocenters. The van der Waals surface area contributed by atoms with Crippen LogP contribution in [0.1, 0.15) is 15.9 Å². The van der Waals surface area contributed by atoms with Crippen LogP contribution in [0, 0.1) is 0 Å². The molecule has 0 amide bonds. The summed E-state index contributed by atoms with van der Waals surface area (Å²) in [5.41, 5.74) is 1.41. The summed E-state index contributed by atoms with van der Waals surface area (Å²) in [7, 11) is 1.49. The van der Waals surface area contributed by atoms with E-state index < -0.39 is 5.97 Å². The van der Waals surface area contributed by atoms with Gasteiger partial charge < -0.3 is 14.6 Å². The molecule has 0 aliphatic rings. The van der Waals surface area contributed by atoms with E-state index in [-0.39, 0.29) is 5.56 Å². The molecular weight excluding hydrogens is 264 g/mol. The van der Waals surface area contributed by atoms with Crippen molar-refractivity contribution in [3.05, 3.63) is 46.2 Å². The molecule has 0 radical (unpaired) electrons. The number of benzene rings is 1. The molecule has 1 heterocycles. The molecule has 1 N–H and O–H groups in total. The van der Waals surface area contributed by atoms with Crippen molar-refractivity contribution in [3.8, 4) is 11.5 Å². The molecule has 2 aromatic rings. The third kappa shape index (κ3) is 3.48. The number of carboxylic acids is 1. The van der Waals surface area contributed by atoms with Crippen LogP contribution in [0.25, 0.3) is 0 Å². The molecule has 0 fully saturated rings. The molecule has 0 bridgehead atoms. The number of hydrogen-bond donors (Lipinski definition) is 1. The highest BCUT2D eigenvalue weighted by molar-refractivity contribution is 7.07. The number of hydrogen-bond acceptors (Lipinski definition) is 4. The third-order valence-electron chi connectivity index (χ3n) is 2.64. The molecule has 19 heavy (non-hydrogen) atoms. The normalized spacial score (nSPS) is 10.2. The molecule has 1 aromatic heterocycles. The molecule has 0 aliphatic carbocycles. The Balaban J connectivity index is 2.01. The lowest BCUT2D eigenvalue weighted by Crippen LogP contribution is -2.03. The van der Waals surface area contributed by atoms with Gasteiger partial charge in [0.1, 0.15) is 0 Å². The zero-order valence-electron chi connectivity index (χ0n) is 10.5. The average Bonchev–Trinajstić information content (AvgIpc) is 2.92. The molecular formula is C14H14O4S. The Kier molecular flexibility index (Phi) is 4.41. The van der Waals surface area contributed by atoms with Crippen LogP contribution in [0.3, 0.4) is 0 Å². The van der Waals surface area contributed by atoms with E-state index in [2.05, 4.69) is 11.4 Å². The van der Waals surface area contributed by atoms with E-state index in [0.717, 1.165) is 6.42 Å². The van der Waals surface area contributed by atoms with Gasteiger partial charge >= 0.3 is 5.97 Å². The van der Waals surface area contributed by atoms with Crippen LogP contribution in [-0.2, 0) is 6.42 Å². The summed E-state index contributed by atoms with van der Waals surface area (Å²) in [6, 6.07) is 6.64. The maximum absolute atomic E-state index is 10.9. The van der Waals surface area contributed by atoms with Crippen LogP contribution in [0.15, 0.2) is 35.0 Å². The van der Waals surface area contributed by atoms with E-state index in [9.17, 15) is 4.79 Å². The number of ether oxygens (including phenoxy) is 2. The van der Waals surface area contributed by atoms with Crippen LogP contribution in [-0.4, -0.2) is 24.8 Å². The van der Waals surface area contributed by atoms with Gasteiger partial charge in [-0.05, 0) is 40.6 Å². The average molecular weight is 278 g/mol. The topological polar surface area (TPSA) is 55.8 Å². The van der Waals surface area contributed by atoms with E-state index in [1.165, 1.54) is 24.8 Å². The molecule has 1 aromatic carbocycles. The first-order valence-electron chi connectivity index (χ1n) is 5.76. The Hall–Kier alpha value is -2.01. The summed E-state index contributed by atoms with van der Waals surface area (Å²) < 4.78 is 10.8. The van der Waals surface area contributed by atoms with Gasteiger partial charge in [0.15, 0.2) is 11.5 Å². The lowest BCUT2D eigenvalue weighted by atomic mass is 10.2. The Bertz CT molecular complexity index is 549. The van der Waals surface area contributed by atoms with E-state index in [1.807, 2.05) is 5.38 Å². The maximum Gasteiger partial charge on any atom is 0.335 e. The monoisotopic (exact) mass is 278 g/mol. The number of thiophene rings is 1. The second-order valence-electron chi connectivity index (χ2n) is 3.90. The van der Waals surface area contributed by atoms with Crippen LogP contribution >= 0.6 is 11.3 Å². The highest BCUT2D eigenvalue weighted by Crippen LogP contribution is 2.28. The summed E-state index contributed by atoms with van der Waals surface area (Å²) in [5.74, 6) is 0.0103. The SMILES string of the molecule is COc1cc(C(=O)O)ccc1OCCc1ccsc1. The van der Waals surface area contributed by atoms with Crippen LogP contribution in [0.2, 0.25) is 0 Å². The van der Waals surface area contributed by atoms with E-state index in [1.54, 1.807) is 17.4 Å². The Morgan fingerprint density at radius 2 is 2.16 bits per heavy atom. The van der Waals surface area contributed by atoms with E-state index >= 15 is 0 Å². The second-order valence-corrected chi connectivity index (χ2v) is 4.68. The van der Waals surface area contributed by atoms with Gasteiger partial charge in [-0.25, -0.2) is 4.79 Å². The van der Waals surface area contributed by atoms with Gasteiger partial charge in [-0.3, -0.25) is 0 Å². The highest BCUT2D eigenvalue weighted by atomic mass is 32.1. The molecule has 0 aliphatic heterocycles. The second kappa shape index (κ2) is 6.24. The minimum atomic E-state index is -0.983. The largest absolute Gasteiger partial charge is 0.493 e. The van der Waals surface area contributed by atoms with Crippen molar-refractivity contribution in [1.29, 1.82) is 0 Å². The zero-order valence-corrected chi connectivity index (χ0v) is 11.3. The zero-order chi connectivity index (χ0) is 13.7. The summed E-state index contributed by atoms with van der Waals surface area (Å²) in [6.45, 7) is 0.527. The first-order chi connectivity index (χ1) is 9.20. The Morgan fingerprint density at radius 1 is 1.32 bits per heavy atom. The Labute approximate surface area is 115 Å². The van der Waals surface area contributed by atoms with E-state index in [4.69, 9.17) is 14.6 Å². The minimum absolute atomic E-state index is 0.182. The van der Waals surface area contributed by atoms with Crippen LogP contribution in [0.5, 0.6) is 11.5 Å². The van der Waals surface area contributed by atoms with Gasteiger partial charge in [0, 0.05) is 6.42 Å². The first kappa shape index (κ1) is 13.4. The summed E-state index contributed by atoms with van der Waals surface area (Å²) >= 11 is 1.65. The molecule has 2 rings (SSSR count). The quantitative estimate of drug-likeness (QED) is 0.882. The van der Waals surface area contributed by atoms with Crippen molar-refractivity contribution in [2.75, 3.05) is 13.7 Å². The van der Waals surface area contributed by atoms with Gasteiger partial charge in [0.05, 0.1) is 19.3 Å². The van der Waals surface area contributed by atoms with Gasteiger partial charge in [-0.1, -0.05) is 0 Å². The number of methoxy groups -OCH3 is 1. The number of carbonyl (C=O) groups is 1. The lowest BCUT2D eigenvalue weighted by Gasteiger charge is -2.10. The summed E-state index contributed by atoms with van der Waals surface area (Å²) in [4.78, 5) is 10.9. The molecule has 5 heteroatoms. The molecule has 100 valence electrons. The van der Waals surface area contributed by atoms with Crippen LogP contribution < -0.4 is 9.47 Å². The fourth-order valence-corrected chi connectivity index (χ4v) is 2.34. The molecule has 0 saturated carbocycles. The predicted molar refractivity (Wildman–Crippen MR) is 73.5 cm³/mol. The fraction of sp³-hybridized carbons (Fsp3) is 0.214. The number of rotatable bonds is 6. The van der Waals surface area contributed by atoms with Crippen molar-refractivity contribution < 1.29 is 19.4 Å². The highest BCUT2D eigenvalue weighted by Gasteiger charge is 2.09. The molecule has 4 nitrogen and oxygen atoms in total. The smallest absolute Gasteiger partial charge is 0.335 e. The van der Waals surface area contributed by atoms with Crippen molar-refractivity contribution in [2.45, 2.75) is 6.42 Å². The number of aromatic carboxylic acids is 1. The van der Waals surface area contributed by atoms with Crippen molar-refractivity contribution >= 4 is 17.3 Å². The van der Waals surface area contributed by atoms with E-state index in [0.29, 0.717) is 18.1 Å². The predicted octanol–water partition coefficient (Wildman–Crippen LogP) is 3.08. The summed E-state index contributed by atoms with van der Waals surface area (Å²) in [6.07, 6.45) is 0.813. The Morgan fingerprint density at radius 3 is 2.79 bits per heavy atom. The van der Waals surface area contributed by atoms with Gasteiger partial charge in [0.25, 0.3) is 0 Å². The first-order valence-corrected chi connectivity index (χ1v) is 6.70. The lowest BCUT2D eigenvalue weighted by molar-refractivity contribution is 0.0696. The van der Waals surface area contributed by atoms with Crippen LogP contribution in [0.4, 0.5) is 0 Å². The summed E-state index contributed by atoms with van der Waals surface area (Å²) in [5, 5.41) is 13.0. The van der Waals surface area contributed by atoms with Crippen molar-refractivity contribution in [2.24, 2.45) is 0 Å². The van der Waals surface area contributed by atoms with Crippen molar-refractivity contribution in [3.63, 3.8) is 0 Å². The standard InChI is InChI=1S/C14H14O4S/c1-17-13-8-11(14(15)16)2-3-12(13)18-6-4-10-5-7-19-9-10/h2-3,5,7-9H,4,6H2,1H3,(H,15,16). The molecule has 0 unspecified atom stereocenters. The van der Waals surface area contributed by atoms with Gasteiger partial charge in [-0.15, -0.1) is 0 Å². The molecule has 0 saturated heterocycles.